The Morgan fingerprint density at radius 3 is 3.00 bits per heavy atom. The van der Waals surface area contributed by atoms with E-state index in [0.717, 1.165) is 25.7 Å². The van der Waals surface area contributed by atoms with Crippen molar-refractivity contribution in [2.75, 3.05) is 0 Å². The summed E-state index contributed by atoms with van der Waals surface area (Å²) in [5.74, 6) is 0.385. The van der Waals surface area contributed by atoms with E-state index in [0.29, 0.717) is 11.5 Å². The summed E-state index contributed by atoms with van der Waals surface area (Å²) in [6, 6.07) is 0. The molecule has 1 heterocycles. The minimum absolute atomic E-state index is 0.0171. The van der Waals surface area contributed by atoms with Crippen LogP contribution in [0.3, 0.4) is 0 Å². The summed E-state index contributed by atoms with van der Waals surface area (Å²) in [6.45, 7) is 7.86. The normalized spacial score (nSPS) is 33.5. The number of fused-ring (bicyclic) bond motifs is 1. The lowest BCUT2D eigenvalue weighted by atomic mass is 9.85. The van der Waals surface area contributed by atoms with Crippen LogP contribution < -0.4 is 0 Å². The van der Waals surface area contributed by atoms with E-state index in [1.165, 1.54) is 5.57 Å². The van der Waals surface area contributed by atoms with Gasteiger partial charge in [0.2, 0.25) is 0 Å². The minimum Gasteiger partial charge on any atom is -0.458 e. The lowest BCUT2D eigenvalue weighted by molar-refractivity contribution is -0.139. The molecule has 3 heteroatoms. The molecule has 1 saturated heterocycles. The van der Waals surface area contributed by atoms with E-state index in [2.05, 4.69) is 19.6 Å². The summed E-state index contributed by atoms with van der Waals surface area (Å²) in [4.78, 5) is 11.5. The molecule has 0 amide bonds. The van der Waals surface area contributed by atoms with Crippen LogP contribution in [0.25, 0.3) is 0 Å². The molecule has 0 radical (unpaired) electrons. The Balaban J connectivity index is 2.05. The molecular weight excluding hydrogens is 228 g/mol. The van der Waals surface area contributed by atoms with E-state index in [9.17, 15) is 9.90 Å². The number of esters is 1. The fourth-order valence-electron chi connectivity index (χ4n) is 2.90. The highest BCUT2D eigenvalue weighted by atomic mass is 16.6. The topological polar surface area (TPSA) is 46.5 Å². The summed E-state index contributed by atoms with van der Waals surface area (Å²) in [7, 11) is 0. The largest absolute Gasteiger partial charge is 0.458 e. The Morgan fingerprint density at radius 1 is 1.61 bits per heavy atom. The third-order valence-electron chi connectivity index (χ3n) is 4.12. The monoisotopic (exact) mass is 250 g/mol. The summed E-state index contributed by atoms with van der Waals surface area (Å²) < 4.78 is 5.35. The fourth-order valence-corrected chi connectivity index (χ4v) is 2.90. The van der Waals surface area contributed by atoms with Crippen LogP contribution in [0.15, 0.2) is 23.8 Å². The Morgan fingerprint density at radius 2 is 2.33 bits per heavy atom. The molecule has 18 heavy (non-hydrogen) atoms. The van der Waals surface area contributed by atoms with Gasteiger partial charge in [-0.1, -0.05) is 25.2 Å². The molecule has 1 aliphatic carbocycles. The summed E-state index contributed by atoms with van der Waals surface area (Å²) in [6.07, 6.45) is 5.37. The molecule has 4 atom stereocenters. The van der Waals surface area contributed by atoms with Gasteiger partial charge in [0, 0.05) is 17.9 Å². The van der Waals surface area contributed by atoms with Gasteiger partial charge in [-0.2, -0.15) is 0 Å². The van der Waals surface area contributed by atoms with Crippen molar-refractivity contribution in [3.63, 3.8) is 0 Å². The molecule has 2 rings (SSSR count). The van der Waals surface area contributed by atoms with Gasteiger partial charge < -0.3 is 9.84 Å². The highest BCUT2D eigenvalue weighted by Gasteiger charge is 2.40. The SMILES string of the molecule is C=C1C(=O)O[C@@H]2CC=C(CC[C@@H](C)O)[C@H](C)C[C@@H]12. The van der Waals surface area contributed by atoms with E-state index < -0.39 is 0 Å². The minimum atomic E-state index is -0.256. The maximum absolute atomic E-state index is 11.5. The molecule has 1 N–H and O–H groups in total. The van der Waals surface area contributed by atoms with Gasteiger partial charge in [0.15, 0.2) is 0 Å². The first-order valence-electron chi connectivity index (χ1n) is 6.75. The summed E-state index contributed by atoms with van der Waals surface area (Å²) in [5.41, 5.74) is 2.02. The molecule has 0 unspecified atom stereocenters. The summed E-state index contributed by atoms with van der Waals surface area (Å²) >= 11 is 0. The lowest BCUT2D eigenvalue weighted by Gasteiger charge is -2.18. The van der Waals surface area contributed by atoms with Gasteiger partial charge in [-0.05, 0) is 32.1 Å². The van der Waals surface area contributed by atoms with Crippen molar-refractivity contribution in [1.29, 1.82) is 0 Å². The van der Waals surface area contributed by atoms with Crippen molar-refractivity contribution in [2.45, 2.75) is 51.7 Å². The molecule has 0 aromatic heterocycles. The zero-order valence-electron chi connectivity index (χ0n) is 11.2. The van der Waals surface area contributed by atoms with Gasteiger partial charge in [-0.15, -0.1) is 0 Å². The van der Waals surface area contributed by atoms with Gasteiger partial charge >= 0.3 is 5.97 Å². The lowest BCUT2D eigenvalue weighted by Crippen LogP contribution is -2.16. The van der Waals surface area contributed by atoms with Gasteiger partial charge in [0.1, 0.15) is 6.10 Å². The van der Waals surface area contributed by atoms with Crippen molar-refractivity contribution in [3.8, 4) is 0 Å². The molecular formula is C15H22O3. The van der Waals surface area contributed by atoms with Crippen LogP contribution in [0.2, 0.25) is 0 Å². The van der Waals surface area contributed by atoms with Crippen molar-refractivity contribution in [1.82, 2.24) is 0 Å². The zero-order chi connectivity index (χ0) is 13.3. The first-order chi connectivity index (χ1) is 8.49. The van der Waals surface area contributed by atoms with Gasteiger partial charge in [-0.25, -0.2) is 4.79 Å². The molecule has 1 aliphatic heterocycles. The number of hydrogen-bond acceptors (Lipinski definition) is 3. The molecule has 0 bridgehead atoms. The number of allylic oxidation sites excluding steroid dienone is 1. The van der Waals surface area contributed by atoms with Crippen molar-refractivity contribution < 1.29 is 14.6 Å². The van der Waals surface area contributed by atoms with Crippen LogP contribution in [-0.2, 0) is 9.53 Å². The number of hydrogen-bond donors (Lipinski definition) is 1. The Bertz CT molecular complexity index is 381. The second kappa shape index (κ2) is 5.27. The van der Waals surface area contributed by atoms with Gasteiger partial charge in [0.25, 0.3) is 0 Å². The predicted molar refractivity (Wildman–Crippen MR) is 69.9 cm³/mol. The fraction of sp³-hybridized carbons (Fsp3) is 0.667. The smallest absolute Gasteiger partial charge is 0.334 e. The molecule has 0 spiro atoms. The van der Waals surface area contributed by atoms with E-state index in [-0.39, 0.29) is 24.1 Å². The number of carbonyl (C=O) groups excluding carboxylic acids is 1. The second-order valence-corrected chi connectivity index (χ2v) is 5.61. The quantitative estimate of drug-likeness (QED) is 0.476. The van der Waals surface area contributed by atoms with Crippen LogP contribution in [0, 0.1) is 11.8 Å². The van der Waals surface area contributed by atoms with Crippen molar-refractivity contribution in [3.05, 3.63) is 23.8 Å². The molecule has 0 aromatic rings. The van der Waals surface area contributed by atoms with Crippen LogP contribution in [-0.4, -0.2) is 23.3 Å². The van der Waals surface area contributed by atoms with E-state index in [1.54, 1.807) is 0 Å². The standard InChI is InChI=1S/C15H22O3/c1-9-8-13-11(3)15(17)18-14(13)7-6-12(9)5-4-10(2)16/h6,9-10,13-14,16H,3-5,7-8H2,1-2H3/t9-,10-,13+,14-/m1/s1. The van der Waals surface area contributed by atoms with Crippen LogP contribution >= 0.6 is 0 Å². The maximum Gasteiger partial charge on any atom is 0.334 e. The van der Waals surface area contributed by atoms with E-state index in [1.807, 2.05) is 6.92 Å². The first-order valence-corrected chi connectivity index (χ1v) is 6.75. The third-order valence-corrected chi connectivity index (χ3v) is 4.12. The molecule has 0 saturated carbocycles. The van der Waals surface area contributed by atoms with E-state index in [4.69, 9.17) is 4.74 Å². The Labute approximate surface area is 109 Å². The van der Waals surface area contributed by atoms with Crippen molar-refractivity contribution in [2.24, 2.45) is 11.8 Å². The van der Waals surface area contributed by atoms with Crippen molar-refractivity contribution >= 4 is 5.97 Å². The van der Waals surface area contributed by atoms with Crippen LogP contribution in [0.5, 0.6) is 0 Å². The van der Waals surface area contributed by atoms with Crippen LogP contribution in [0.4, 0.5) is 0 Å². The van der Waals surface area contributed by atoms with Gasteiger partial charge in [-0.3, -0.25) is 0 Å². The number of rotatable bonds is 3. The average Bonchev–Trinajstić information content (AvgIpc) is 2.48. The number of aliphatic hydroxyl groups is 1. The zero-order valence-corrected chi connectivity index (χ0v) is 11.2. The van der Waals surface area contributed by atoms with Gasteiger partial charge in [0.05, 0.1) is 6.10 Å². The Kier molecular flexibility index (Phi) is 3.91. The average molecular weight is 250 g/mol. The molecule has 3 nitrogen and oxygen atoms in total. The number of ether oxygens (including phenoxy) is 1. The summed E-state index contributed by atoms with van der Waals surface area (Å²) in [5, 5.41) is 9.37. The molecule has 100 valence electrons. The second-order valence-electron chi connectivity index (χ2n) is 5.61. The first kappa shape index (κ1) is 13.3. The third kappa shape index (κ3) is 2.66. The highest BCUT2D eigenvalue weighted by Crippen LogP contribution is 2.39. The number of carbonyl (C=O) groups is 1. The van der Waals surface area contributed by atoms with Crippen LogP contribution in [0.1, 0.15) is 39.5 Å². The molecule has 0 aromatic carbocycles. The predicted octanol–water partition coefficient (Wildman–Crippen LogP) is 2.60. The molecule has 1 fully saturated rings. The molecule has 2 aliphatic rings. The number of aliphatic hydroxyl groups excluding tert-OH is 1. The Hall–Kier alpha value is -1.09. The highest BCUT2D eigenvalue weighted by molar-refractivity contribution is 5.90. The maximum atomic E-state index is 11.5. The van der Waals surface area contributed by atoms with E-state index >= 15 is 0 Å².